The van der Waals surface area contributed by atoms with Gasteiger partial charge in [0.2, 0.25) is 0 Å². The van der Waals surface area contributed by atoms with Crippen molar-refractivity contribution in [2.45, 2.75) is 51.4 Å². The van der Waals surface area contributed by atoms with Gasteiger partial charge >= 0.3 is 5.97 Å². The lowest BCUT2D eigenvalue weighted by molar-refractivity contribution is 0.0511. The molecule has 0 aromatic heterocycles. The lowest BCUT2D eigenvalue weighted by Gasteiger charge is -2.42. The zero-order chi connectivity index (χ0) is 27.8. The fourth-order valence-corrected chi connectivity index (χ4v) is 5.63. The molecule has 0 unspecified atom stereocenters. The standard InChI is InChI=1S/C35H36O4/c1-34(2)18-19-35(3,4)32-21-27(13-17-31(32)34)30-20-26(23-6-8-25(9-7-23)33(36)37)12-16-29(30)24-10-14-28(15-11-24)39-22-38-5/h6-17,20-21H,18-19,22H2,1-5H3,(H,36,37). The topological polar surface area (TPSA) is 55.8 Å². The number of aromatic carboxylic acids is 1. The molecule has 0 fully saturated rings. The fourth-order valence-electron chi connectivity index (χ4n) is 5.63. The molecule has 0 saturated carbocycles. The Kier molecular flexibility index (Phi) is 7.09. The second-order valence-electron chi connectivity index (χ2n) is 11.7. The predicted molar refractivity (Wildman–Crippen MR) is 157 cm³/mol. The van der Waals surface area contributed by atoms with Crippen molar-refractivity contribution in [1.29, 1.82) is 0 Å². The Morgan fingerprint density at radius 2 is 1.28 bits per heavy atom. The lowest BCUT2D eigenvalue weighted by Crippen LogP contribution is -2.33. The van der Waals surface area contributed by atoms with E-state index in [1.54, 1.807) is 19.2 Å². The van der Waals surface area contributed by atoms with Gasteiger partial charge in [-0.25, -0.2) is 4.79 Å². The summed E-state index contributed by atoms with van der Waals surface area (Å²) in [5.41, 5.74) is 9.96. The number of carboxylic acid groups (broad SMARTS) is 1. The second kappa shape index (κ2) is 10.3. The summed E-state index contributed by atoms with van der Waals surface area (Å²) in [6, 6.07) is 28.6. The molecular weight excluding hydrogens is 484 g/mol. The molecule has 39 heavy (non-hydrogen) atoms. The van der Waals surface area contributed by atoms with Gasteiger partial charge in [0, 0.05) is 7.11 Å². The van der Waals surface area contributed by atoms with E-state index in [1.807, 2.05) is 24.3 Å². The van der Waals surface area contributed by atoms with Gasteiger partial charge < -0.3 is 14.6 Å². The summed E-state index contributed by atoms with van der Waals surface area (Å²) in [4.78, 5) is 11.4. The summed E-state index contributed by atoms with van der Waals surface area (Å²) in [5, 5.41) is 9.33. The third-order valence-corrected chi connectivity index (χ3v) is 8.16. The van der Waals surface area contributed by atoms with Gasteiger partial charge in [0.1, 0.15) is 5.75 Å². The summed E-state index contributed by atoms with van der Waals surface area (Å²) in [5.74, 6) is -0.162. The van der Waals surface area contributed by atoms with E-state index in [1.165, 1.54) is 23.1 Å². The molecule has 0 saturated heterocycles. The van der Waals surface area contributed by atoms with E-state index in [9.17, 15) is 9.90 Å². The number of ether oxygens (including phenoxy) is 2. The fraction of sp³-hybridized carbons (Fsp3) is 0.286. The SMILES string of the molecule is COCOc1ccc(-c2ccc(-c3ccc(C(=O)O)cc3)cc2-c2ccc3c(c2)C(C)(C)CCC3(C)C)cc1. The maximum atomic E-state index is 11.4. The monoisotopic (exact) mass is 520 g/mol. The highest BCUT2D eigenvalue weighted by atomic mass is 16.7. The van der Waals surface area contributed by atoms with Crippen LogP contribution in [-0.4, -0.2) is 25.0 Å². The number of rotatable bonds is 7. The van der Waals surface area contributed by atoms with Crippen LogP contribution in [0, 0.1) is 0 Å². The van der Waals surface area contributed by atoms with E-state index >= 15 is 0 Å². The van der Waals surface area contributed by atoms with Crippen molar-refractivity contribution in [2.75, 3.05) is 13.9 Å². The van der Waals surface area contributed by atoms with E-state index in [2.05, 4.69) is 76.2 Å². The van der Waals surface area contributed by atoms with E-state index in [4.69, 9.17) is 9.47 Å². The normalized spacial score (nSPS) is 15.4. The molecule has 5 rings (SSSR count). The lowest BCUT2D eigenvalue weighted by atomic mass is 9.63. The van der Waals surface area contributed by atoms with Gasteiger partial charge in [0.05, 0.1) is 5.56 Å². The third-order valence-electron chi connectivity index (χ3n) is 8.16. The van der Waals surface area contributed by atoms with E-state index < -0.39 is 5.97 Å². The molecule has 0 heterocycles. The van der Waals surface area contributed by atoms with Crippen molar-refractivity contribution in [3.63, 3.8) is 0 Å². The van der Waals surface area contributed by atoms with Crippen LogP contribution >= 0.6 is 0 Å². The largest absolute Gasteiger partial charge is 0.478 e. The number of benzene rings is 4. The molecule has 1 aliphatic carbocycles. The Hall–Kier alpha value is -3.89. The number of hydrogen-bond donors (Lipinski definition) is 1. The number of hydrogen-bond acceptors (Lipinski definition) is 3. The first-order chi connectivity index (χ1) is 18.6. The Morgan fingerprint density at radius 3 is 1.92 bits per heavy atom. The van der Waals surface area contributed by atoms with Gasteiger partial charge in [-0.15, -0.1) is 0 Å². The average Bonchev–Trinajstić information content (AvgIpc) is 2.94. The maximum absolute atomic E-state index is 11.4. The van der Waals surface area contributed by atoms with E-state index in [0.29, 0.717) is 0 Å². The van der Waals surface area contributed by atoms with Crippen molar-refractivity contribution < 1.29 is 19.4 Å². The summed E-state index contributed by atoms with van der Waals surface area (Å²) in [6.07, 6.45) is 2.33. The quantitative estimate of drug-likeness (QED) is 0.248. The molecule has 4 heteroatoms. The molecule has 4 aromatic carbocycles. The van der Waals surface area contributed by atoms with E-state index in [-0.39, 0.29) is 23.2 Å². The van der Waals surface area contributed by atoms with Crippen molar-refractivity contribution in [1.82, 2.24) is 0 Å². The first kappa shape index (κ1) is 26.7. The highest BCUT2D eigenvalue weighted by Crippen LogP contribution is 2.47. The number of carboxylic acids is 1. The zero-order valence-corrected chi connectivity index (χ0v) is 23.4. The number of carbonyl (C=O) groups is 1. The van der Waals surface area contributed by atoms with Gasteiger partial charge in [0.15, 0.2) is 6.79 Å². The minimum absolute atomic E-state index is 0.103. The van der Waals surface area contributed by atoms with Gasteiger partial charge in [-0.05, 0) is 98.5 Å². The molecule has 4 aromatic rings. The summed E-state index contributed by atoms with van der Waals surface area (Å²) < 4.78 is 10.6. The Morgan fingerprint density at radius 1 is 0.692 bits per heavy atom. The average molecular weight is 521 g/mol. The molecular formula is C35H36O4. The Bertz CT molecular complexity index is 1500. The van der Waals surface area contributed by atoms with Crippen molar-refractivity contribution in [2.24, 2.45) is 0 Å². The molecule has 0 atom stereocenters. The molecule has 0 amide bonds. The van der Waals surface area contributed by atoms with Crippen LogP contribution in [-0.2, 0) is 15.6 Å². The minimum Gasteiger partial charge on any atom is -0.478 e. The molecule has 1 N–H and O–H groups in total. The Labute approximate surface area is 231 Å². The van der Waals surface area contributed by atoms with Gasteiger partial charge in [-0.2, -0.15) is 0 Å². The summed E-state index contributed by atoms with van der Waals surface area (Å²) in [6.45, 7) is 9.61. The van der Waals surface area contributed by atoms with Crippen LogP contribution in [0.15, 0.2) is 84.9 Å². The molecule has 0 aliphatic heterocycles. The minimum atomic E-state index is -0.921. The highest BCUT2D eigenvalue weighted by Gasteiger charge is 2.37. The predicted octanol–water partition coefficient (Wildman–Crippen LogP) is 8.72. The first-order valence-corrected chi connectivity index (χ1v) is 13.4. The molecule has 200 valence electrons. The van der Waals surface area contributed by atoms with Gasteiger partial charge in [0.25, 0.3) is 0 Å². The second-order valence-corrected chi connectivity index (χ2v) is 11.7. The first-order valence-electron chi connectivity index (χ1n) is 13.4. The van der Waals surface area contributed by atoms with Crippen LogP contribution in [0.25, 0.3) is 33.4 Å². The third kappa shape index (κ3) is 5.35. The smallest absolute Gasteiger partial charge is 0.335 e. The zero-order valence-electron chi connectivity index (χ0n) is 23.4. The van der Waals surface area contributed by atoms with E-state index in [0.717, 1.165) is 40.0 Å². The Balaban J connectivity index is 1.65. The molecule has 0 radical (unpaired) electrons. The number of fused-ring (bicyclic) bond motifs is 1. The summed E-state index contributed by atoms with van der Waals surface area (Å²) >= 11 is 0. The van der Waals surface area contributed by atoms with Crippen LogP contribution in [0.4, 0.5) is 0 Å². The van der Waals surface area contributed by atoms with Crippen LogP contribution in [0.2, 0.25) is 0 Å². The molecule has 0 spiro atoms. The van der Waals surface area contributed by atoms with Gasteiger partial charge in [-0.3, -0.25) is 0 Å². The highest BCUT2D eigenvalue weighted by molar-refractivity contribution is 5.90. The van der Waals surface area contributed by atoms with Crippen LogP contribution in [0.1, 0.15) is 62.0 Å². The van der Waals surface area contributed by atoms with Crippen LogP contribution < -0.4 is 4.74 Å². The molecule has 1 aliphatic rings. The maximum Gasteiger partial charge on any atom is 0.335 e. The van der Waals surface area contributed by atoms with Crippen molar-refractivity contribution in [3.05, 3.63) is 102 Å². The van der Waals surface area contributed by atoms with Gasteiger partial charge in [-0.1, -0.05) is 82.3 Å². The molecule has 4 nitrogen and oxygen atoms in total. The van der Waals surface area contributed by atoms with Crippen LogP contribution in [0.5, 0.6) is 5.75 Å². The van der Waals surface area contributed by atoms with Crippen molar-refractivity contribution in [3.8, 4) is 39.1 Å². The van der Waals surface area contributed by atoms with Crippen LogP contribution in [0.3, 0.4) is 0 Å². The number of methoxy groups -OCH3 is 1. The molecule has 0 bridgehead atoms. The van der Waals surface area contributed by atoms with Crippen molar-refractivity contribution >= 4 is 5.97 Å². The summed E-state index contributed by atoms with van der Waals surface area (Å²) in [7, 11) is 1.61.